The second-order valence-corrected chi connectivity index (χ2v) is 6.22. The molecule has 0 aromatic heterocycles. The highest BCUT2D eigenvalue weighted by Crippen LogP contribution is 2.25. The first-order chi connectivity index (χ1) is 12.7. The maximum Gasteiger partial charge on any atom is 0.344 e. The van der Waals surface area contributed by atoms with Gasteiger partial charge in [0, 0.05) is 16.1 Å². The Hall–Kier alpha value is -3.66. The molecule has 124 valence electrons. The van der Waals surface area contributed by atoms with E-state index in [-0.39, 0.29) is 11.9 Å². The second kappa shape index (κ2) is 5.43. The van der Waals surface area contributed by atoms with Gasteiger partial charge in [-0.3, -0.25) is 4.79 Å². The SMILES string of the molecule is O=C1Nc2cc3c(cc2=C1c1ccccc1)OC(=O)C=3c1ccccc1. The van der Waals surface area contributed by atoms with Gasteiger partial charge < -0.3 is 10.1 Å². The van der Waals surface area contributed by atoms with Crippen LogP contribution in [-0.2, 0) is 9.59 Å². The third-order valence-electron chi connectivity index (χ3n) is 4.67. The van der Waals surface area contributed by atoms with E-state index in [1.165, 1.54) is 0 Å². The number of ether oxygens (including phenoxy) is 1. The lowest BCUT2D eigenvalue weighted by Gasteiger charge is -2.00. The Morgan fingerprint density at radius 2 is 1.31 bits per heavy atom. The van der Waals surface area contributed by atoms with Crippen molar-refractivity contribution in [2.45, 2.75) is 0 Å². The van der Waals surface area contributed by atoms with Crippen LogP contribution in [0.2, 0.25) is 0 Å². The second-order valence-electron chi connectivity index (χ2n) is 6.22. The predicted molar refractivity (Wildman–Crippen MR) is 97.9 cm³/mol. The summed E-state index contributed by atoms with van der Waals surface area (Å²) in [6, 6.07) is 22.5. The zero-order chi connectivity index (χ0) is 17.7. The Kier molecular flexibility index (Phi) is 3.06. The van der Waals surface area contributed by atoms with Crippen LogP contribution in [0.3, 0.4) is 0 Å². The van der Waals surface area contributed by atoms with Gasteiger partial charge in [0.1, 0.15) is 5.75 Å². The number of fused-ring (bicyclic) bond motifs is 2. The molecule has 2 heterocycles. The Morgan fingerprint density at radius 1 is 0.692 bits per heavy atom. The molecule has 0 atom stereocenters. The summed E-state index contributed by atoms with van der Waals surface area (Å²) in [4.78, 5) is 24.9. The molecule has 0 aliphatic carbocycles. The molecule has 26 heavy (non-hydrogen) atoms. The van der Waals surface area contributed by atoms with Crippen LogP contribution in [0.25, 0.3) is 11.1 Å². The third-order valence-corrected chi connectivity index (χ3v) is 4.67. The highest BCUT2D eigenvalue weighted by molar-refractivity contribution is 6.29. The molecule has 0 saturated heterocycles. The lowest BCUT2D eigenvalue weighted by Crippen LogP contribution is -2.12. The van der Waals surface area contributed by atoms with Crippen molar-refractivity contribution in [1.82, 2.24) is 0 Å². The Balaban J connectivity index is 1.81. The summed E-state index contributed by atoms with van der Waals surface area (Å²) >= 11 is 0. The first-order valence-corrected chi connectivity index (χ1v) is 8.29. The molecule has 0 fully saturated rings. The molecular formula is C22H13NO3. The van der Waals surface area contributed by atoms with Crippen molar-refractivity contribution in [1.29, 1.82) is 0 Å². The number of hydrogen-bond acceptors (Lipinski definition) is 3. The number of benzene rings is 3. The van der Waals surface area contributed by atoms with Crippen LogP contribution in [0, 0.1) is 0 Å². The van der Waals surface area contributed by atoms with E-state index >= 15 is 0 Å². The van der Waals surface area contributed by atoms with E-state index in [2.05, 4.69) is 5.32 Å². The molecule has 2 aliphatic rings. The van der Waals surface area contributed by atoms with Crippen LogP contribution in [0.1, 0.15) is 11.1 Å². The van der Waals surface area contributed by atoms with Gasteiger partial charge in [0.2, 0.25) is 0 Å². The number of esters is 1. The minimum absolute atomic E-state index is 0.150. The van der Waals surface area contributed by atoms with Gasteiger partial charge in [0.05, 0.1) is 11.1 Å². The van der Waals surface area contributed by atoms with Crippen molar-refractivity contribution in [3.63, 3.8) is 0 Å². The highest BCUT2D eigenvalue weighted by Gasteiger charge is 2.28. The van der Waals surface area contributed by atoms with Crippen LogP contribution in [0.5, 0.6) is 5.75 Å². The van der Waals surface area contributed by atoms with Gasteiger partial charge in [-0.15, -0.1) is 0 Å². The maximum absolute atomic E-state index is 12.5. The normalized spacial score (nSPS) is 14.8. The number of carbonyl (C=O) groups is 2. The molecule has 5 rings (SSSR count). The smallest absolute Gasteiger partial charge is 0.344 e. The molecule has 1 amide bonds. The Morgan fingerprint density at radius 3 is 1.96 bits per heavy atom. The quantitative estimate of drug-likeness (QED) is 0.574. The molecule has 2 aliphatic heterocycles. The van der Waals surface area contributed by atoms with E-state index in [0.717, 1.165) is 16.3 Å². The van der Waals surface area contributed by atoms with Crippen molar-refractivity contribution in [2.24, 2.45) is 0 Å². The van der Waals surface area contributed by atoms with E-state index in [4.69, 9.17) is 4.74 Å². The number of anilines is 1. The Labute approximate surface area is 149 Å². The summed E-state index contributed by atoms with van der Waals surface area (Å²) in [5.41, 5.74) is 3.44. The van der Waals surface area contributed by atoms with Crippen molar-refractivity contribution >= 4 is 28.7 Å². The predicted octanol–water partition coefficient (Wildman–Crippen LogP) is 1.96. The fourth-order valence-electron chi connectivity index (χ4n) is 3.51. The van der Waals surface area contributed by atoms with Gasteiger partial charge in [-0.1, -0.05) is 60.7 Å². The van der Waals surface area contributed by atoms with Crippen LogP contribution < -0.4 is 20.5 Å². The lowest BCUT2D eigenvalue weighted by atomic mass is 10.0. The van der Waals surface area contributed by atoms with Gasteiger partial charge in [-0.05, 0) is 23.3 Å². The summed E-state index contributed by atoms with van der Waals surface area (Å²) in [5, 5.41) is 4.36. The molecular weight excluding hydrogens is 326 g/mol. The van der Waals surface area contributed by atoms with Gasteiger partial charge in [-0.2, -0.15) is 0 Å². The summed E-state index contributed by atoms with van der Waals surface area (Å²) in [6.45, 7) is 0. The fraction of sp³-hybridized carbons (Fsp3) is 0. The molecule has 0 radical (unpaired) electrons. The molecule has 4 nitrogen and oxygen atoms in total. The van der Waals surface area contributed by atoms with Gasteiger partial charge >= 0.3 is 5.97 Å². The molecule has 4 heteroatoms. The standard InChI is InChI=1S/C22H13NO3/c24-21-19(13-7-3-1-4-8-13)15-12-18-16(11-17(15)23-21)20(22(25)26-18)14-9-5-2-6-10-14/h1-12H,(H,23,24). The molecule has 0 unspecified atom stereocenters. The number of rotatable bonds is 2. The summed E-state index contributed by atoms with van der Waals surface area (Å²) in [6.07, 6.45) is 0. The van der Waals surface area contributed by atoms with Crippen molar-refractivity contribution < 1.29 is 14.3 Å². The van der Waals surface area contributed by atoms with E-state index in [9.17, 15) is 9.59 Å². The average molecular weight is 339 g/mol. The lowest BCUT2D eigenvalue weighted by molar-refractivity contribution is -0.127. The van der Waals surface area contributed by atoms with Gasteiger partial charge in [0.25, 0.3) is 5.91 Å². The monoisotopic (exact) mass is 339 g/mol. The number of amides is 1. The molecule has 0 spiro atoms. The minimum atomic E-state index is -0.373. The zero-order valence-electron chi connectivity index (χ0n) is 13.7. The highest BCUT2D eigenvalue weighted by atomic mass is 16.5. The largest absolute Gasteiger partial charge is 0.422 e. The fourth-order valence-corrected chi connectivity index (χ4v) is 3.51. The Bertz CT molecular complexity index is 1100. The molecule has 1 N–H and O–H groups in total. The van der Waals surface area contributed by atoms with Gasteiger partial charge in [0.15, 0.2) is 0 Å². The van der Waals surface area contributed by atoms with Gasteiger partial charge in [-0.25, -0.2) is 4.79 Å². The van der Waals surface area contributed by atoms with E-state index in [1.807, 2.05) is 66.7 Å². The van der Waals surface area contributed by atoms with E-state index < -0.39 is 0 Å². The van der Waals surface area contributed by atoms with Crippen LogP contribution in [0.15, 0.2) is 72.8 Å². The summed E-state index contributed by atoms with van der Waals surface area (Å²) in [7, 11) is 0. The first-order valence-electron chi connectivity index (χ1n) is 8.29. The average Bonchev–Trinajstić information content (AvgIpc) is 3.15. The number of hydrogen-bond donors (Lipinski definition) is 1. The number of nitrogens with one attached hydrogen (secondary N) is 1. The van der Waals surface area contributed by atoms with Crippen LogP contribution in [0.4, 0.5) is 5.69 Å². The van der Waals surface area contributed by atoms with E-state index in [1.54, 1.807) is 6.07 Å². The molecule has 0 saturated carbocycles. The zero-order valence-corrected chi connectivity index (χ0v) is 13.7. The van der Waals surface area contributed by atoms with Crippen LogP contribution in [-0.4, -0.2) is 11.9 Å². The molecule has 0 bridgehead atoms. The molecule has 3 aromatic carbocycles. The van der Waals surface area contributed by atoms with E-state index in [0.29, 0.717) is 27.8 Å². The maximum atomic E-state index is 12.5. The summed E-state index contributed by atoms with van der Waals surface area (Å²) in [5.74, 6) is -0.0394. The molecule has 3 aromatic rings. The topological polar surface area (TPSA) is 55.4 Å². The van der Waals surface area contributed by atoms with Crippen molar-refractivity contribution in [2.75, 3.05) is 5.32 Å². The minimum Gasteiger partial charge on any atom is -0.422 e. The van der Waals surface area contributed by atoms with Crippen molar-refractivity contribution in [3.05, 3.63) is 94.4 Å². The summed E-state index contributed by atoms with van der Waals surface area (Å²) < 4.78 is 5.49. The van der Waals surface area contributed by atoms with Crippen LogP contribution >= 0.6 is 0 Å². The third kappa shape index (κ3) is 2.09. The number of carbonyl (C=O) groups excluding carboxylic acids is 2. The van der Waals surface area contributed by atoms with Crippen molar-refractivity contribution in [3.8, 4) is 5.75 Å². The first kappa shape index (κ1) is 14.7.